The molecule has 6 heteroatoms. The molecule has 0 spiro atoms. The average molecular weight is 741 g/mol. The number of nitriles is 1. The zero-order valence-corrected chi connectivity index (χ0v) is 33.5. The van der Waals surface area contributed by atoms with Crippen LogP contribution in [0.25, 0.3) is 26.4 Å². The molecule has 58 heavy (non-hydrogen) atoms. The van der Waals surface area contributed by atoms with E-state index in [0.717, 1.165) is 45.0 Å². The normalized spacial score (nSPS) is 13.2. The standard InChI is InChI=1S/C52H38B2N4/c1-29-20-31(3)47(32(4)21-29)53-41-24-35(28-55)16-18-43(41)57-45-25-37-13-9-11-15-40(37)50-52(45)58(46-26-36-12-8-10-14-39(36)49(53)51(46)57)44-19-17-38(56-7)27-42(44)54(50)48-33(5)22-30(2)23-34(48)6/h8-27H,1-6H3. The largest absolute Gasteiger partial charge is 0.307 e. The minimum atomic E-state index is -0.124. The van der Waals surface area contributed by atoms with Crippen molar-refractivity contribution in [3.8, 4) is 6.07 Å². The van der Waals surface area contributed by atoms with Gasteiger partial charge in [-0.15, -0.1) is 0 Å². The second kappa shape index (κ2) is 12.2. The van der Waals surface area contributed by atoms with Crippen molar-refractivity contribution in [3.05, 3.63) is 172 Å². The van der Waals surface area contributed by atoms with Crippen molar-refractivity contribution in [2.24, 2.45) is 0 Å². The molecule has 11 rings (SSSR count). The van der Waals surface area contributed by atoms with Gasteiger partial charge in [-0.3, -0.25) is 0 Å². The topological polar surface area (TPSA) is 34.6 Å². The molecule has 0 N–H and O–H groups in total. The summed E-state index contributed by atoms with van der Waals surface area (Å²) in [4.78, 5) is 9.05. The average Bonchev–Trinajstić information content (AvgIpc) is 3.21. The van der Waals surface area contributed by atoms with Gasteiger partial charge in [0, 0.05) is 11.4 Å². The Balaban J connectivity index is 1.36. The third kappa shape index (κ3) is 4.58. The Morgan fingerprint density at radius 2 is 0.948 bits per heavy atom. The van der Waals surface area contributed by atoms with Crippen LogP contribution in [0.3, 0.4) is 0 Å². The van der Waals surface area contributed by atoms with Crippen LogP contribution in [0, 0.1) is 59.4 Å². The second-order valence-corrected chi connectivity index (χ2v) is 16.7. The van der Waals surface area contributed by atoms with Crippen LogP contribution in [0.15, 0.2) is 121 Å². The quantitative estimate of drug-likeness (QED) is 0.131. The van der Waals surface area contributed by atoms with E-state index in [4.69, 9.17) is 6.57 Å². The predicted octanol–water partition coefficient (Wildman–Crippen LogP) is 9.18. The van der Waals surface area contributed by atoms with Gasteiger partial charge in [0.05, 0.1) is 41.0 Å². The van der Waals surface area contributed by atoms with E-state index >= 15 is 0 Å². The maximum atomic E-state index is 10.4. The van der Waals surface area contributed by atoms with Crippen LogP contribution in [0.5, 0.6) is 0 Å². The highest BCUT2D eigenvalue weighted by molar-refractivity contribution is 7.01. The van der Waals surface area contributed by atoms with Crippen molar-refractivity contribution in [1.29, 1.82) is 5.26 Å². The molecule has 0 aromatic heterocycles. The first-order valence-corrected chi connectivity index (χ1v) is 20.1. The first-order valence-electron chi connectivity index (χ1n) is 20.1. The molecule has 3 aliphatic heterocycles. The van der Waals surface area contributed by atoms with Crippen LogP contribution in [-0.4, -0.2) is 13.4 Å². The number of benzene rings is 8. The van der Waals surface area contributed by atoms with Crippen molar-refractivity contribution in [1.82, 2.24) is 0 Å². The van der Waals surface area contributed by atoms with Crippen LogP contribution in [0.1, 0.15) is 38.9 Å². The maximum absolute atomic E-state index is 10.4. The van der Waals surface area contributed by atoms with E-state index in [1.807, 2.05) is 12.1 Å². The summed E-state index contributed by atoms with van der Waals surface area (Å²) in [7, 11) is 0. The van der Waals surface area contributed by atoms with Crippen molar-refractivity contribution in [3.63, 3.8) is 0 Å². The molecule has 0 unspecified atom stereocenters. The molecule has 0 bridgehead atoms. The Morgan fingerprint density at radius 3 is 1.41 bits per heavy atom. The molecule has 4 nitrogen and oxygen atoms in total. The molecule has 0 saturated carbocycles. The number of fused-ring (bicyclic) bond motifs is 10. The molecular weight excluding hydrogens is 702 g/mol. The van der Waals surface area contributed by atoms with Crippen LogP contribution < -0.4 is 42.6 Å². The van der Waals surface area contributed by atoms with E-state index in [-0.39, 0.29) is 13.4 Å². The predicted molar refractivity (Wildman–Crippen MR) is 246 cm³/mol. The highest BCUT2D eigenvalue weighted by atomic mass is 15.3. The fourth-order valence-corrected chi connectivity index (χ4v) is 11.1. The zero-order valence-electron chi connectivity index (χ0n) is 33.5. The highest BCUT2D eigenvalue weighted by Gasteiger charge is 2.48. The molecule has 0 fully saturated rings. The van der Waals surface area contributed by atoms with Gasteiger partial charge < -0.3 is 9.80 Å². The Kier molecular flexibility index (Phi) is 7.23. The lowest BCUT2D eigenvalue weighted by molar-refractivity contribution is 1.19. The fraction of sp³-hybridized carbons (Fsp3) is 0.115. The molecule has 8 aromatic carbocycles. The third-order valence-corrected chi connectivity index (χ3v) is 13.0. The first-order chi connectivity index (χ1) is 28.2. The van der Waals surface area contributed by atoms with E-state index in [2.05, 4.69) is 171 Å². The molecule has 0 amide bonds. The van der Waals surface area contributed by atoms with Gasteiger partial charge in [0.25, 0.3) is 0 Å². The van der Waals surface area contributed by atoms with Gasteiger partial charge in [-0.1, -0.05) is 135 Å². The highest BCUT2D eigenvalue weighted by Crippen LogP contribution is 2.57. The van der Waals surface area contributed by atoms with E-state index in [0.29, 0.717) is 11.3 Å². The van der Waals surface area contributed by atoms with Crippen molar-refractivity contribution in [2.75, 3.05) is 9.80 Å². The van der Waals surface area contributed by atoms with Crippen molar-refractivity contribution >= 4 is 108 Å². The number of hydrogen-bond acceptors (Lipinski definition) is 3. The van der Waals surface area contributed by atoms with Crippen molar-refractivity contribution < 1.29 is 0 Å². The molecule has 0 saturated heterocycles. The van der Waals surface area contributed by atoms with Gasteiger partial charge in [-0.05, 0) is 116 Å². The van der Waals surface area contributed by atoms with Crippen LogP contribution >= 0.6 is 0 Å². The molecule has 3 heterocycles. The summed E-state index contributed by atoms with van der Waals surface area (Å²) in [5.74, 6) is 0. The Morgan fingerprint density at radius 1 is 0.500 bits per heavy atom. The van der Waals surface area contributed by atoms with Gasteiger partial charge >= 0.3 is 0 Å². The lowest BCUT2D eigenvalue weighted by Gasteiger charge is -2.50. The van der Waals surface area contributed by atoms with Crippen LogP contribution in [0.2, 0.25) is 0 Å². The Bertz CT molecular complexity index is 2990. The van der Waals surface area contributed by atoms with Gasteiger partial charge in [-0.2, -0.15) is 5.26 Å². The number of rotatable bonds is 2. The van der Waals surface area contributed by atoms with Crippen molar-refractivity contribution in [2.45, 2.75) is 41.5 Å². The van der Waals surface area contributed by atoms with E-state index in [9.17, 15) is 5.26 Å². The van der Waals surface area contributed by atoms with E-state index in [1.165, 1.54) is 76.8 Å². The number of aryl methyl sites for hydroxylation is 6. The molecule has 272 valence electrons. The second-order valence-electron chi connectivity index (χ2n) is 16.7. The van der Waals surface area contributed by atoms with Gasteiger partial charge in [0.2, 0.25) is 13.4 Å². The summed E-state index contributed by atoms with van der Waals surface area (Å²) in [5, 5.41) is 15.2. The minimum Gasteiger partial charge on any atom is -0.307 e. The van der Waals surface area contributed by atoms with Gasteiger partial charge in [0.1, 0.15) is 0 Å². The SMILES string of the molecule is [C-]#[N+]c1ccc2c(c1)B(c1c(C)cc(C)cc1C)c1c3c(cc4ccccc14)N1c4ccc(C#N)cc4B(c4c(C)cc(C)cc4C)c4c1c(cc1ccccc41)N23. The summed E-state index contributed by atoms with van der Waals surface area (Å²) in [6.07, 6.45) is 0. The first kappa shape index (κ1) is 34.3. The molecular formula is C52H38B2N4. The Labute approximate surface area is 340 Å². The summed E-state index contributed by atoms with van der Waals surface area (Å²) < 4.78 is 0. The molecule has 8 aromatic rings. The smallest absolute Gasteiger partial charge is 0.248 e. The van der Waals surface area contributed by atoms with Gasteiger partial charge in [-0.25, -0.2) is 4.85 Å². The number of nitrogens with zero attached hydrogens (tertiary/aromatic N) is 4. The van der Waals surface area contributed by atoms with Gasteiger partial charge in [0.15, 0.2) is 5.69 Å². The van der Waals surface area contributed by atoms with E-state index in [1.54, 1.807) is 0 Å². The summed E-state index contributed by atoms with van der Waals surface area (Å²) in [6, 6.07) is 46.8. The summed E-state index contributed by atoms with van der Waals surface area (Å²) in [6.45, 7) is 21.3. The summed E-state index contributed by atoms with van der Waals surface area (Å²) in [5.41, 5.74) is 22.9. The lowest BCUT2D eigenvalue weighted by Crippen LogP contribution is -2.62. The third-order valence-electron chi connectivity index (χ3n) is 13.0. The minimum absolute atomic E-state index is 0.120. The fourth-order valence-electron chi connectivity index (χ4n) is 11.1. The van der Waals surface area contributed by atoms with E-state index < -0.39 is 0 Å². The molecule has 0 aliphatic carbocycles. The summed E-state index contributed by atoms with van der Waals surface area (Å²) >= 11 is 0. The van der Waals surface area contributed by atoms with Crippen LogP contribution in [-0.2, 0) is 0 Å². The van der Waals surface area contributed by atoms with Crippen LogP contribution in [0.4, 0.5) is 39.8 Å². The number of anilines is 6. The zero-order chi connectivity index (χ0) is 39.7. The lowest BCUT2D eigenvalue weighted by atomic mass is 9.32. The maximum Gasteiger partial charge on any atom is 0.248 e. The monoisotopic (exact) mass is 740 g/mol. The molecule has 0 radical (unpaired) electrons. The molecule has 3 aliphatic rings. The molecule has 0 atom stereocenters. The Hall–Kier alpha value is -7.01. The number of hydrogen-bond donors (Lipinski definition) is 0.